The minimum atomic E-state index is 0.294. The SMILES string of the molecule is CNC(c1cc(I)ccc1Br)C1CCCc2cccnc21. The molecule has 0 aliphatic heterocycles. The van der Waals surface area contributed by atoms with E-state index in [1.807, 2.05) is 13.2 Å². The first-order valence-corrected chi connectivity index (χ1v) is 9.14. The van der Waals surface area contributed by atoms with Crippen LogP contribution in [0.5, 0.6) is 0 Å². The molecule has 1 aliphatic carbocycles. The minimum Gasteiger partial charge on any atom is -0.312 e. The van der Waals surface area contributed by atoms with Crippen LogP contribution in [0.1, 0.15) is 41.6 Å². The molecule has 2 nitrogen and oxygen atoms in total. The average molecular weight is 457 g/mol. The quantitative estimate of drug-likeness (QED) is 0.669. The van der Waals surface area contributed by atoms with E-state index < -0.39 is 0 Å². The van der Waals surface area contributed by atoms with Gasteiger partial charge < -0.3 is 5.32 Å². The van der Waals surface area contributed by atoms with E-state index in [0.717, 1.165) is 6.42 Å². The Morgan fingerprint density at radius 2 is 2.24 bits per heavy atom. The van der Waals surface area contributed by atoms with Gasteiger partial charge in [0.05, 0.1) is 0 Å². The molecule has 0 radical (unpaired) electrons. The Hall–Kier alpha value is -0.460. The van der Waals surface area contributed by atoms with Crippen molar-refractivity contribution in [2.45, 2.75) is 31.2 Å². The average Bonchev–Trinajstić information content (AvgIpc) is 2.51. The van der Waals surface area contributed by atoms with E-state index >= 15 is 0 Å². The molecular weight excluding hydrogens is 439 g/mol. The minimum absolute atomic E-state index is 0.294. The maximum atomic E-state index is 4.69. The smallest absolute Gasteiger partial charge is 0.0485 e. The molecular formula is C17H18BrIN2. The molecule has 0 amide bonds. The third-order valence-corrected chi connectivity index (χ3v) is 5.64. The Kier molecular flexibility index (Phi) is 4.96. The van der Waals surface area contributed by atoms with Gasteiger partial charge in [-0.05, 0) is 84.3 Å². The van der Waals surface area contributed by atoms with E-state index in [1.165, 1.54) is 37.7 Å². The van der Waals surface area contributed by atoms with Gasteiger partial charge in [0.1, 0.15) is 0 Å². The van der Waals surface area contributed by atoms with Crippen molar-refractivity contribution in [2.75, 3.05) is 7.05 Å². The van der Waals surface area contributed by atoms with E-state index in [4.69, 9.17) is 0 Å². The molecule has 4 heteroatoms. The van der Waals surface area contributed by atoms with Crippen molar-refractivity contribution in [3.63, 3.8) is 0 Å². The lowest BCUT2D eigenvalue weighted by molar-refractivity contribution is 0.414. The molecule has 0 saturated carbocycles. The molecule has 2 atom stereocenters. The summed E-state index contributed by atoms with van der Waals surface area (Å²) in [5.41, 5.74) is 4.01. The van der Waals surface area contributed by atoms with Crippen LogP contribution < -0.4 is 5.32 Å². The first kappa shape index (κ1) is 15.4. The van der Waals surface area contributed by atoms with Crippen molar-refractivity contribution in [1.29, 1.82) is 0 Å². The third kappa shape index (κ3) is 3.17. The molecule has 0 saturated heterocycles. The van der Waals surface area contributed by atoms with Gasteiger partial charge in [0, 0.05) is 31.9 Å². The number of nitrogens with one attached hydrogen (secondary N) is 1. The second-order valence-electron chi connectivity index (χ2n) is 5.48. The summed E-state index contributed by atoms with van der Waals surface area (Å²) < 4.78 is 2.44. The zero-order chi connectivity index (χ0) is 14.8. The van der Waals surface area contributed by atoms with Gasteiger partial charge >= 0.3 is 0 Å². The highest BCUT2D eigenvalue weighted by atomic mass is 127. The molecule has 2 unspecified atom stereocenters. The van der Waals surface area contributed by atoms with E-state index in [-0.39, 0.29) is 0 Å². The number of hydrogen-bond acceptors (Lipinski definition) is 2. The highest BCUT2D eigenvalue weighted by Gasteiger charge is 2.30. The Morgan fingerprint density at radius 3 is 3.05 bits per heavy atom. The second-order valence-corrected chi connectivity index (χ2v) is 7.58. The van der Waals surface area contributed by atoms with Crippen LogP contribution in [-0.2, 0) is 6.42 Å². The fourth-order valence-corrected chi connectivity index (χ4v) is 4.30. The van der Waals surface area contributed by atoms with E-state index in [9.17, 15) is 0 Å². The van der Waals surface area contributed by atoms with Crippen molar-refractivity contribution >= 4 is 38.5 Å². The van der Waals surface area contributed by atoms with Gasteiger partial charge in [0.15, 0.2) is 0 Å². The highest BCUT2D eigenvalue weighted by molar-refractivity contribution is 14.1. The summed E-state index contributed by atoms with van der Waals surface area (Å²) >= 11 is 6.09. The molecule has 1 aromatic carbocycles. The predicted octanol–water partition coefficient (Wildman–Crippen LogP) is 4.83. The monoisotopic (exact) mass is 456 g/mol. The van der Waals surface area contributed by atoms with Crippen molar-refractivity contribution in [3.8, 4) is 0 Å². The normalized spacial score (nSPS) is 19.1. The number of rotatable bonds is 3. The second kappa shape index (κ2) is 6.75. The van der Waals surface area contributed by atoms with Crippen LogP contribution in [0.3, 0.4) is 0 Å². The van der Waals surface area contributed by atoms with Crippen LogP contribution >= 0.6 is 38.5 Å². The standard InChI is InChI=1S/C17H18BrIN2/c1-20-17(14-10-12(19)7-8-15(14)18)13-6-2-4-11-5-3-9-21-16(11)13/h3,5,7-10,13,17,20H,2,4,6H2,1H3. The first-order chi connectivity index (χ1) is 10.2. The number of benzene rings is 1. The van der Waals surface area contributed by atoms with Crippen LogP contribution in [0.4, 0.5) is 0 Å². The van der Waals surface area contributed by atoms with Crippen molar-refractivity contribution in [1.82, 2.24) is 10.3 Å². The van der Waals surface area contributed by atoms with Gasteiger partial charge in [-0.1, -0.05) is 22.0 Å². The number of fused-ring (bicyclic) bond motifs is 1. The zero-order valence-electron chi connectivity index (χ0n) is 11.9. The summed E-state index contributed by atoms with van der Waals surface area (Å²) in [5.74, 6) is 0.439. The molecule has 1 heterocycles. The lowest BCUT2D eigenvalue weighted by atomic mass is 9.79. The largest absolute Gasteiger partial charge is 0.312 e. The molecule has 0 bridgehead atoms. The molecule has 110 valence electrons. The number of aryl methyl sites for hydroxylation is 1. The lowest BCUT2D eigenvalue weighted by Gasteiger charge is -2.32. The summed E-state index contributed by atoms with van der Waals surface area (Å²) in [6.45, 7) is 0. The fraction of sp³-hybridized carbons (Fsp3) is 0.353. The van der Waals surface area contributed by atoms with Gasteiger partial charge in [-0.25, -0.2) is 0 Å². The molecule has 1 aliphatic rings. The molecule has 0 spiro atoms. The maximum absolute atomic E-state index is 4.69. The number of halogens is 2. The zero-order valence-corrected chi connectivity index (χ0v) is 15.7. The Balaban J connectivity index is 2.03. The van der Waals surface area contributed by atoms with Crippen LogP contribution in [0.2, 0.25) is 0 Å². The molecule has 3 rings (SSSR count). The lowest BCUT2D eigenvalue weighted by Crippen LogP contribution is -2.28. The van der Waals surface area contributed by atoms with Gasteiger partial charge in [-0.15, -0.1) is 0 Å². The van der Waals surface area contributed by atoms with Crippen LogP contribution in [0, 0.1) is 3.57 Å². The Morgan fingerprint density at radius 1 is 1.38 bits per heavy atom. The highest BCUT2D eigenvalue weighted by Crippen LogP contribution is 2.41. The van der Waals surface area contributed by atoms with Crippen molar-refractivity contribution in [3.05, 3.63) is 61.4 Å². The van der Waals surface area contributed by atoms with Crippen molar-refractivity contribution in [2.24, 2.45) is 0 Å². The summed E-state index contributed by atoms with van der Waals surface area (Å²) in [6, 6.07) is 11.1. The first-order valence-electron chi connectivity index (χ1n) is 7.26. The summed E-state index contributed by atoms with van der Waals surface area (Å²) in [6.07, 6.45) is 5.51. The Labute approximate surface area is 148 Å². The summed E-state index contributed by atoms with van der Waals surface area (Å²) in [7, 11) is 2.05. The summed E-state index contributed by atoms with van der Waals surface area (Å²) in [4.78, 5) is 4.69. The molecule has 0 fully saturated rings. The van der Waals surface area contributed by atoms with E-state index in [1.54, 1.807) is 0 Å². The number of aromatic nitrogens is 1. The summed E-state index contributed by atoms with van der Waals surface area (Å²) in [5, 5.41) is 3.52. The van der Waals surface area contributed by atoms with Gasteiger partial charge in [-0.3, -0.25) is 4.98 Å². The Bertz CT molecular complexity index is 644. The number of hydrogen-bond donors (Lipinski definition) is 1. The molecule has 2 aromatic rings. The molecule has 1 aromatic heterocycles. The van der Waals surface area contributed by atoms with Crippen LogP contribution in [-0.4, -0.2) is 12.0 Å². The van der Waals surface area contributed by atoms with Gasteiger partial charge in [0.25, 0.3) is 0 Å². The molecule has 21 heavy (non-hydrogen) atoms. The third-order valence-electron chi connectivity index (χ3n) is 4.25. The van der Waals surface area contributed by atoms with E-state index in [0.29, 0.717) is 12.0 Å². The number of nitrogens with zero attached hydrogens (tertiary/aromatic N) is 1. The predicted molar refractivity (Wildman–Crippen MR) is 98.6 cm³/mol. The van der Waals surface area contributed by atoms with Crippen molar-refractivity contribution < 1.29 is 0 Å². The van der Waals surface area contributed by atoms with Crippen LogP contribution in [0.25, 0.3) is 0 Å². The number of pyridine rings is 1. The fourth-order valence-electron chi connectivity index (χ4n) is 3.30. The topological polar surface area (TPSA) is 24.9 Å². The van der Waals surface area contributed by atoms with E-state index in [2.05, 4.69) is 79.2 Å². The maximum Gasteiger partial charge on any atom is 0.0485 e. The number of likely N-dealkylation sites (N-methyl/N-ethyl adjacent to an activating group) is 1. The molecule has 1 N–H and O–H groups in total. The van der Waals surface area contributed by atoms with Crippen LogP contribution in [0.15, 0.2) is 41.0 Å². The van der Waals surface area contributed by atoms with Gasteiger partial charge in [0.2, 0.25) is 0 Å². The van der Waals surface area contributed by atoms with Gasteiger partial charge in [-0.2, -0.15) is 0 Å².